The lowest BCUT2D eigenvalue weighted by Crippen LogP contribution is -2.31. The molecule has 0 bridgehead atoms. The molecule has 1 aliphatic heterocycles. The molecule has 0 aliphatic carbocycles. The molecule has 1 aromatic rings. The summed E-state index contributed by atoms with van der Waals surface area (Å²) >= 11 is 0. The number of hydrogen-bond acceptors (Lipinski definition) is 3. The van der Waals surface area contributed by atoms with Crippen LogP contribution in [-0.2, 0) is 6.42 Å². The van der Waals surface area contributed by atoms with E-state index < -0.39 is 0 Å². The predicted molar refractivity (Wildman–Crippen MR) is 86.8 cm³/mol. The number of aryl methyl sites for hydroxylation is 1. The minimum absolute atomic E-state index is 0.226. The molecule has 1 atom stereocenters. The maximum absolute atomic E-state index is 9.29. The number of benzene rings is 1. The van der Waals surface area contributed by atoms with Crippen LogP contribution in [0.4, 0.5) is 0 Å². The normalized spacial score (nSPS) is 17.6. The van der Waals surface area contributed by atoms with Crippen molar-refractivity contribution in [1.82, 2.24) is 4.90 Å². The highest BCUT2D eigenvalue weighted by Gasteiger charge is 2.09. The molecule has 1 aromatic carbocycles. The molecule has 0 aromatic heterocycles. The summed E-state index contributed by atoms with van der Waals surface area (Å²) in [7, 11) is 0. The molecule has 1 heterocycles. The van der Waals surface area contributed by atoms with E-state index in [2.05, 4.69) is 17.0 Å². The molecule has 21 heavy (non-hydrogen) atoms. The second-order valence-electron chi connectivity index (χ2n) is 6.14. The van der Waals surface area contributed by atoms with Gasteiger partial charge in [0.05, 0.1) is 12.7 Å². The molecule has 1 saturated heterocycles. The van der Waals surface area contributed by atoms with Crippen LogP contribution in [0.3, 0.4) is 0 Å². The Labute approximate surface area is 128 Å². The molecule has 0 amide bonds. The fraction of sp³-hybridized carbons (Fsp3) is 0.667. The first kappa shape index (κ1) is 16.3. The minimum Gasteiger partial charge on any atom is -0.494 e. The van der Waals surface area contributed by atoms with Crippen LogP contribution in [0.1, 0.15) is 44.6 Å². The van der Waals surface area contributed by atoms with Crippen molar-refractivity contribution in [1.29, 1.82) is 0 Å². The van der Waals surface area contributed by atoms with E-state index in [1.807, 2.05) is 19.1 Å². The summed E-state index contributed by atoms with van der Waals surface area (Å²) in [6, 6.07) is 8.28. The number of nitrogens with zero attached hydrogens (tertiary/aromatic N) is 1. The Morgan fingerprint density at radius 2 is 1.86 bits per heavy atom. The maximum atomic E-state index is 9.29. The molecular weight excluding hydrogens is 262 g/mol. The van der Waals surface area contributed by atoms with E-state index in [1.165, 1.54) is 37.9 Å². The first-order valence-corrected chi connectivity index (χ1v) is 8.36. The van der Waals surface area contributed by atoms with Crippen LogP contribution in [0.15, 0.2) is 24.3 Å². The summed E-state index contributed by atoms with van der Waals surface area (Å²) < 4.78 is 5.80. The van der Waals surface area contributed by atoms with Crippen LogP contribution in [0, 0.1) is 0 Å². The van der Waals surface area contributed by atoms with E-state index >= 15 is 0 Å². The first-order valence-electron chi connectivity index (χ1n) is 8.36. The van der Waals surface area contributed by atoms with Gasteiger partial charge in [-0.05, 0) is 69.8 Å². The van der Waals surface area contributed by atoms with Crippen molar-refractivity contribution in [2.24, 2.45) is 0 Å². The summed E-state index contributed by atoms with van der Waals surface area (Å²) in [4.78, 5) is 2.55. The highest BCUT2D eigenvalue weighted by molar-refractivity contribution is 5.27. The largest absolute Gasteiger partial charge is 0.494 e. The standard InChI is InChI=1S/C18H29NO2/c1-16(20)6-7-17-8-10-18(11-9-17)21-15-5-14-19-12-3-2-4-13-19/h8-11,16,20H,2-7,12-15H2,1H3. The quantitative estimate of drug-likeness (QED) is 0.746. The van der Waals surface area contributed by atoms with Crippen molar-refractivity contribution >= 4 is 0 Å². The highest BCUT2D eigenvalue weighted by Crippen LogP contribution is 2.14. The minimum atomic E-state index is -0.226. The Morgan fingerprint density at radius 3 is 2.52 bits per heavy atom. The molecule has 1 aliphatic rings. The molecule has 2 rings (SSSR count). The van der Waals surface area contributed by atoms with Gasteiger partial charge in [0.15, 0.2) is 0 Å². The molecule has 0 saturated carbocycles. The van der Waals surface area contributed by atoms with Crippen molar-refractivity contribution < 1.29 is 9.84 Å². The molecule has 3 heteroatoms. The Bertz CT molecular complexity index is 383. The summed E-state index contributed by atoms with van der Waals surface area (Å²) in [6.07, 6.45) is 6.72. The van der Waals surface area contributed by atoms with Crippen LogP contribution in [0.25, 0.3) is 0 Å². The average Bonchev–Trinajstić information content (AvgIpc) is 2.52. The van der Waals surface area contributed by atoms with Crippen LogP contribution in [-0.4, -0.2) is 42.4 Å². The zero-order chi connectivity index (χ0) is 14.9. The van der Waals surface area contributed by atoms with Gasteiger partial charge in [0.25, 0.3) is 0 Å². The Balaban J connectivity index is 1.61. The summed E-state index contributed by atoms with van der Waals surface area (Å²) in [5, 5.41) is 9.29. The maximum Gasteiger partial charge on any atom is 0.119 e. The van der Waals surface area contributed by atoms with Gasteiger partial charge in [-0.15, -0.1) is 0 Å². The Hall–Kier alpha value is -1.06. The second kappa shape index (κ2) is 9.06. The summed E-state index contributed by atoms with van der Waals surface area (Å²) in [6.45, 7) is 6.31. The Kier molecular flexibility index (Phi) is 7.04. The molecular formula is C18H29NO2. The molecule has 118 valence electrons. The van der Waals surface area contributed by atoms with Gasteiger partial charge in [-0.3, -0.25) is 0 Å². The molecule has 1 N–H and O–H groups in total. The van der Waals surface area contributed by atoms with Crippen LogP contribution in [0.5, 0.6) is 5.75 Å². The third kappa shape index (κ3) is 6.49. The topological polar surface area (TPSA) is 32.7 Å². The van der Waals surface area contributed by atoms with E-state index in [1.54, 1.807) is 0 Å². The summed E-state index contributed by atoms with van der Waals surface area (Å²) in [5.74, 6) is 0.953. The fourth-order valence-corrected chi connectivity index (χ4v) is 2.79. The van der Waals surface area contributed by atoms with Crippen LogP contribution >= 0.6 is 0 Å². The first-order chi connectivity index (χ1) is 10.2. The van der Waals surface area contributed by atoms with Gasteiger partial charge < -0.3 is 14.7 Å². The van der Waals surface area contributed by atoms with Crippen molar-refractivity contribution in [2.45, 2.75) is 51.6 Å². The number of piperidine rings is 1. The number of ether oxygens (including phenoxy) is 1. The van der Waals surface area contributed by atoms with Crippen LogP contribution in [0.2, 0.25) is 0 Å². The molecule has 0 radical (unpaired) electrons. The van der Waals surface area contributed by atoms with E-state index in [4.69, 9.17) is 4.74 Å². The van der Waals surface area contributed by atoms with Gasteiger partial charge >= 0.3 is 0 Å². The average molecular weight is 291 g/mol. The summed E-state index contributed by atoms with van der Waals surface area (Å²) in [5.41, 5.74) is 1.26. The van der Waals surface area contributed by atoms with Gasteiger partial charge in [-0.1, -0.05) is 18.6 Å². The van der Waals surface area contributed by atoms with Gasteiger partial charge in [0.1, 0.15) is 5.75 Å². The van der Waals surface area contributed by atoms with E-state index in [0.717, 1.165) is 38.2 Å². The third-order valence-corrected chi connectivity index (χ3v) is 4.11. The van der Waals surface area contributed by atoms with Gasteiger partial charge in [0.2, 0.25) is 0 Å². The zero-order valence-electron chi connectivity index (χ0n) is 13.3. The van der Waals surface area contributed by atoms with Crippen molar-refractivity contribution in [3.8, 4) is 5.75 Å². The lowest BCUT2D eigenvalue weighted by atomic mass is 10.1. The number of likely N-dealkylation sites (tertiary alicyclic amines) is 1. The molecule has 3 nitrogen and oxygen atoms in total. The van der Waals surface area contributed by atoms with Gasteiger partial charge in [-0.25, -0.2) is 0 Å². The molecule has 1 fully saturated rings. The smallest absolute Gasteiger partial charge is 0.119 e. The lowest BCUT2D eigenvalue weighted by molar-refractivity contribution is 0.185. The number of hydrogen-bond donors (Lipinski definition) is 1. The van der Waals surface area contributed by atoms with E-state index in [9.17, 15) is 5.11 Å². The van der Waals surface area contributed by atoms with Gasteiger partial charge in [0, 0.05) is 6.54 Å². The van der Waals surface area contributed by atoms with Crippen LogP contribution < -0.4 is 4.74 Å². The van der Waals surface area contributed by atoms with E-state index in [-0.39, 0.29) is 6.10 Å². The SMILES string of the molecule is CC(O)CCc1ccc(OCCCN2CCCCC2)cc1. The third-order valence-electron chi connectivity index (χ3n) is 4.11. The number of aliphatic hydroxyl groups is 1. The van der Waals surface area contributed by atoms with Crippen molar-refractivity contribution in [3.05, 3.63) is 29.8 Å². The molecule has 0 spiro atoms. The second-order valence-corrected chi connectivity index (χ2v) is 6.14. The monoisotopic (exact) mass is 291 g/mol. The number of aliphatic hydroxyl groups excluding tert-OH is 1. The molecule has 1 unspecified atom stereocenters. The van der Waals surface area contributed by atoms with E-state index in [0.29, 0.717) is 0 Å². The highest BCUT2D eigenvalue weighted by atomic mass is 16.5. The fourth-order valence-electron chi connectivity index (χ4n) is 2.79. The Morgan fingerprint density at radius 1 is 1.14 bits per heavy atom. The van der Waals surface area contributed by atoms with Crippen molar-refractivity contribution in [3.63, 3.8) is 0 Å². The predicted octanol–water partition coefficient (Wildman–Crippen LogP) is 3.25. The number of rotatable bonds is 8. The zero-order valence-corrected chi connectivity index (χ0v) is 13.3. The van der Waals surface area contributed by atoms with Crippen molar-refractivity contribution in [2.75, 3.05) is 26.2 Å². The van der Waals surface area contributed by atoms with Gasteiger partial charge in [-0.2, -0.15) is 0 Å². The lowest BCUT2D eigenvalue weighted by Gasteiger charge is -2.26.